The summed E-state index contributed by atoms with van der Waals surface area (Å²) < 4.78 is 3.97. The van der Waals surface area contributed by atoms with E-state index >= 15 is 0 Å². The third-order valence-electron chi connectivity index (χ3n) is 1.59. The van der Waals surface area contributed by atoms with Crippen LogP contribution < -0.4 is 0 Å². The standard InChI is InChI=1S/C8H8.C4H2O3.2Na/c1-2-8-6-4-3-5-7-8;5-3-1-2-4(6)7-3;;/h2-7H,1H2;1-2H;;. The molecule has 0 bridgehead atoms. The van der Waals surface area contributed by atoms with Crippen LogP contribution in [0.25, 0.3) is 6.08 Å². The molecule has 0 spiro atoms. The first kappa shape index (κ1) is 19.2. The van der Waals surface area contributed by atoms with E-state index in [2.05, 4.69) is 11.3 Å². The molecule has 1 heterocycles. The van der Waals surface area contributed by atoms with Crippen molar-refractivity contribution in [3.05, 3.63) is 54.6 Å². The van der Waals surface area contributed by atoms with Crippen LogP contribution in [-0.4, -0.2) is 71.1 Å². The molecular formula is C12H10Na2O3. The summed E-state index contributed by atoms with van der Waals surface area (Å²) in [5, 5.41) is 0. The van der Waals surface area contributed by atoms with Crippen molar-refractivity contribution in [3.8, 4) is 0 Å². The number of ether oxygens (including phenoxy) is 1. The Bertz CT molecular complexity index is 383. The Balaban J connectivity index is 0. The van der Waals surface area contributed by atoms with Gasteiger partial charge < -0.3 is 4.74 Å². The van der Waals surface area contributed by atoms with Crippen LogP contribution in [-0.2, 0) is 14.3 Å². The first-order chi connectivity index (χ1) is 7.22. The van der Waals surface area contributed by atoms with Crippen LogP contribution in [0.1, 0.15) is 5.56 Å². The summed E-state index contributed by atoms with van der Waals surface area (Å²) in [6.45, 7) is 3.63. The molecule has 0 aromatic heterocycles. The Labute approximate surface area is 145 Å². The molecule has 0 unspecified atom stereocenters. The number of cyclic esters (lactones) is 2. The maximum Gasteiger partial charge on any atom is 0.338 e. The van der Waals surface area contributed by atoms with Gasteiger partial charge in [0.2, 0.25) is 0 Å². The van der Waals surface area contributed by atoms with E-state index in [1.807, 2.05) is 36.4 Å². The van der Waals surface area contributed by atoms with Gasteiger partial charge in [-0.2, -0.15) is 0 Å². The molecule has 5 heteroatoms. The Morgan fingerprint density at radius 1 is 0.941 bits per heavy atom. The van der Waals surface area contributed by atoms with Crippen molar-refractivity contribution in [2.24, 2.45) is 0 Å². The van der Waals surface area contributed by atoms with Crippen LogP contribution in [0.4, 0.5) is 0 Å². The molecule has 1 aromatic rings. The van der Waals surface area contributed by atoms with Crippen molar-refractivity contribution < 1.29 is 14.3 Å². The van der Waals surface area contributed by atoms with Crippen LogP contribution >= 0.6 is 0 Å². The number of hydrogen-bond donors (Lipinski definition) is 0. The quantitative estimate of drug-likeness (QED) is 0.426. The van der Waals surface area contributed by atoms with E-state index in [1.165, 1.54) is 5.56 Å². The molecular weight excluding hydrogens is 238 g/mol. The summed E-state index contributed by atoms with van der Waals surface area (Å²) in [6, 6.07) is 10.0. The fraction of sp³-hybridized carbons (Fsp3) is 0. The van der Waals surface area contributed by atoms with Crippen molar-refractivity contribution >= 4 is 77.1 Å². The van der Waals surface area contributed by atoms with Crippen LogP contribution in [0.3, 0.4) is 0 Å². The van der Waals surface area contributed by atoms with Crippen LogP contribution in [0.5, 0.6) is 0 Å². The summed E-state index contributed by atoms with van der Waals surface area (Å²) in [4.78, 5) is 19.8. The molecule has 0 saturated carbocycles. The van der Waals surface area contributed by atoms with Gasteiger partial charge in [0.1, 0.15) is 0 Å². The number of esters is 2. The Hall–Kier alpha value is -0.160. The molecule has 0 fully saturated rings. The number of rotatable bonds is 1. The minimum atomic E-state index is -0.579. The third kappa shape index (κ3) is 8.55. The average molecular weight is 248 g/mol. The molecule has 2 radical (unpaired) electrons. The van der Waals surface area contributed by atoms with Gasteiger partial charge in [-0.15, -0.1) is 0 Å². The van der Waals surface area contributed by atoms with E-state index in [0.717, 1.165) is 12.2 Å². The van der Waals surface area contributed by atoms with Crippen LogP contribution in [0.2, 0.25) is 0 Å². The zero-order valence-electron chi connectivity index (χ0n) is 10.1. The van der Waals surface area contributed by atoms with Gasteiger partial charge in [-0.25, -0.2) is 9.59 Å². The summed E-state index contributed by atoms with van der Waals surface area (Å²) >= 11 is 0. The van der Waals surface area contributed by atoms with E-state index in [1.54, 1.807) is 0 Å². The normalized spacial score (nSPS) is 11.3. The van der Waals surface area contributed by atoms with E-state index in [9.17, 15) is 9.59 Å². The average Bonchev–Trinajstić information content (AvgIpc) is 2.65. The second kappa shape index (κ2) is 11.0. The zero-order chi connectivity index (χ0) is 11.1. The van der Waals surface area contributed by atoms with E-state index in [0.29, 0.717) is 0 Å². The van der Waals surface area contributed by atoms with Gasteiger partial charge in [0.15, 0.2) is 0 Å². The molecule has 1 aromatic carbocycles. The molecule has 1 aliphatic heterocycles. The molecule has 0 amide bonds. The first-order valence-electron chi connectivity index (χ1n) is 4.33. The van der Waals surface area contributed by atoms with Crippen molar-refractivity contribution in [1.82, 2.24) is 0 Å². The minimum Gasteiger partial charge on any atom is -0.387 e. The second-order valence-electron chi connectivity index (χ2n) is 2.69. The molecule has 78 valence electrons. The molecule has 1 aliphatic rings. The fourth-order valence-corrected chi connectivity index (χ4v) is 0.892. The monoisotopic (exact) mass is 248 g/mol. The SMILES string of the molecule is C=Cc1ccccc1.O=C1C=CC(=O)O1.[Na].[Na]. The summed E-state index contributed by atoms with van der Waals surface area (Å²) in [5.74, 6) is -1.16. The maximum atomic E-state index is 9.92. The number of hydrogen-bond acceptors (Lipinski definition) is 3. The summed E-state index contributed by atoms with van der Waals surface area (Å²) in [5.41, 5.74) is 1.17. The van der Waals surface area contributed by atoms with Gasteiger partial charge in [-0.1, -0.05) is 43.0 Å². The summed E-state index contributed by atoms with van der Waals surface area (Å²) in [6.07, 6.45) is 4.00. The molecule has 0 saturated heterocycles. The van der Waals surface area contributed by atoms with Crippen molar-refractivity contribution in [3.63, 3.8) is 0 Å². The number of carbonyl (C=O) groups excluding carboxylic acids is 2. The predicted molar refractivity (Wildman–Crippen MR) is 68.3 cm³/mol. The number of benzene rings is 1. The van der Waals surface area contributed by atoms with Gasteiger partial charge in [-0.3, -0.25) is 0 Å². The van der Waals surface area contributed by atoms with E-state index in [4.69, 9.17) is 0 Å². The Morgan fingerprint density at radius 2 is 1.41 bits per heavy atom. The maximum absolute atomic E-state index is 9.92. The first-order valence-corrected chi connectivity index (χ1v) is 4.33. The summed E-state index contributed by atoms with van der Waals surface area (Å²) in [7, 11) is 0. The van der Waals surface area contributed by atoms with Gasteiger partial charge >= 0.3 is 11.9 Å². The van der Waals surface area contributed by atoms with Crippen molar-refractivity contribution in [1.29, 1.82) is 0 Å². The third-order valence-corrected chi connectivity index (χ3v) is 1.59. The van der Waals surface area contributed by atoms with Gasteiger partial charge in [0.05, 0.1) is 0 Å². The molecule has 2 rings (SSSR count). The van der Waals surface area contributed by atoms with Crippen LogP contribution in [0.15, 0.2) is 49.1 Å². The fourth-order valence-electron chi connectivity index (χ4n) is 0.892. The minimum absolute atomic E-state index is 0. The van der Waals surface area contributed by atoms with E-state index < -0.39 is 11.9 Å². The van der Waals surface area contributed by atoms with Crippen molar-refractivity contribution in [2.75, 3.05) is 0 Å². The Kier molecular flexibility index (Phi) is 12.4. The van der Waals surface area contributed by atoms with Crippen molar-refractivity contribution in [2.45, 2.75) is 0 Å². The smallest absolute Gasteiger partial charge is 0.338 e. The topological polar surface area (TPSA) is 43.4 Å². The predicted octanol–water partition coefficient (Wildman–Crippen LogP) is 1.19. The molecule has 0 N–H and O–H groups in total. The van der Waals surface area contributed by atoms with Gasteiger partial charge in [0, 0.05) is 71.3 Å². The molecule has 0 atom stereocenters. The molecule has 0 aliphatic carbocycles. The number of carbonyl (C=O) groups is 2. The second-order valence-corrected chi connectivity index (χ2v) is 2.69. The van der Waals surface area contributed by atoms with E-state index in [-0.39, 0.29) is 59.1 Å². The molecule has 3 nitrogen and oxygen atoms in total. The largest absolute Gasteiger partial charge is 0.387 e. The van der Waals surface area contributed by atoms with Crippen LogP contribution in [0, 0.1) is 0 Å². The molecule has 17 heavy (non-hydrogen) atoms. The zero-order valence-corrected chi connectivity index (χ0v) is 14.1. The Morgan fingerprint density at radius 3 is 1.65 bits per heavy atom. The van der Waals surface area contributed by atoms with Gasteiger partial charge in [-0.05, 0) is 5.56 Å². The van der Waals surface area contributed by atoms with Gasteiger partial charge in [0.25, 0.3) is 0 Å².